The van der Waals surface area contributed by atoms with Crippen molar-refractivity contribution in [2.75, 3.05) is 17.1 Å². The van der Waals surface area contributed by atoms with Gasteiger partial charge in [0.1, 0.15) is 5.01 Å². The van der Waals surface area contributed by atoms with E-state index >= 15 is 0 Å². The normalized spacial score (nSPS) is 10.0. The molecule has 0 aliphatic heterocycles. The summed E-state index contributed by atoms with van der Waals surface area (Å²) >= 11 is 2.95. The van der Waals surface area contributed by atoms with Crippen LogP contribution in [0, 0.1) is 6.92 Å². The first-order valence-electron chi connectivity index (χ1n) is 5.49. The minimum Gasteiger partial charge on any atom is -0.341 e. The molecule has 2 rings (SSSR count). The molecule has 1 heterocycles. The molecule has 0 aliphatic carbocycles. The molecule has 2 aromatic rings. The number of nitrogens with zero attached hydrogens (tertiary/aromatic N) is 2. The second-order valence-corrected chi connectivity index (χ2v) is 5.62. The lowest BCUT2D eigenvalue weighted by Gasteiger charge is -2.05. The van der Waals surface area contributed by atoms with Crippen LogP contribution in [0.15, 0.2) is 29.2 Å². The maximum Gasteiger partial charge on any atom is 0.318 e. The van der Waals surface area contributed by atoms with Gasteiger partial charge in [0.05, 0.1) is 0 Å². The molecule has 8 heteroatoms. The Bertz CT molecular complexity index is 554. The average molecular weight is 295 g/mol. The van der Waals surface area contributed by atoms with Crippen LogP contribution in [-0.2, 0) is 0 Å². The number of hydrogen-bond acceptors (Lipinski definition) is 6. The maximum absolute atomic E-state index is 11.1. The Labute approximate surface area is 119 Å². The van der Waals surface area contributed by atoms with Crippen LogP contribution in [0.25, 0.3) is 0 Å². The summed E-state index contributed by atoms with van der Waals surface area (Å²) in [6.45, 7) is 1.91. The zero-order chi connectivity index (χ0) is 13.7. The average Bonchev–Trinajstić information content (AvgIpc) is 2.83. The van der Waals surface area contributed by atoms with Crippen molar-refractivity contribution >= 4 is 40.1 Å². The van der Waals surface area contributed by atoms with Crippen molar-refractivity contribution in [3.63, 3.8) is 0 Å². The first kappa shape index (κ1) is 13.6. The van der Waals surface area contributed by atoms with Crippen LogP contribution in [0.2, 0.25) is 0 Å². The summed E-state index contributed by atoms with van der Waals surface area (Å²) in [7, 11) is 1.58. The number of amides is 2. The van der Waals surface area contributed by atoms with Gasteiger partial charge in [0.2, 0.25) is 5.13 Å². The first-order valence-corrected chi connectivity index (χ1v) is 7.12. The number of hydrogen-bond donors (Lipinski definition) is 3. The Morgan fingerprint density at radius 3 is 2.58 bits per heavy atom. The van der Waals surface area contributed by atoms with E-state index < -0.39 is 0 Å². The lowest BCUT2D eigenvalue weighted by Crippen LogP contribution is -2.24. The fourth-order valence-electron chi connectivity index (χ4n) is 1.24. The van der Waals surface area contributed by atoms with Crippen LogP contribution in [-0.4, -0.2) is 23.3 Å². The molecule has 0 spiro atoms. The van der Waals surface area contributed by atoms with Gasteiger partial charge in [-0.1, -0.05) is 11.3 Å². The van der Waals surface area contributed by atoms with Crippen LogP contribution in [0.4, 0.5) is 15.6 Å². The first-order chi connectivity index (χ1) is 9.17. The van der Waals surface area contributed by atoms with Crippen molar-refractivity contribution in [1.82, 2.24) is 15.5 Å². The number of urea groups is 1. The number of carbonyl (C=O) groups excluding carboxylic acids is 1. The molecule has 2 amide bonds. The maximum atomic E-state index is 11.1. The highest BCUT2D eigenvalue weighted by atomic mass is 32.2. The molecule has 0 atom stereocenters. The van der Waals surface area contributed by atoms with Crippen LogP contribution >= 0.6 is 23.3 Å². The minimum atomic E-state index is -0.233. The summed E-state index contributed by atoms with van der Waals surface area (Å²) in [5.74, 6) is 0. The quantitative estimate of drug-likeness (QED) is 0.756. The summed E-state index contributed by atoms with van der Waals surface area (Å²) < 4.78 is 3.12. The molecular weight excluding hydrogens is 282 g/mol. The Hall–Kier alpha value is -1.80. The van der Waals surface area contributed by atoms with Crippen LogP contribution in [0.5, 0.6) is 0 Å². The standard InChI is InChI=1S/C11H13N5OS2/c1-7-14-15-11(18-7)16-19-9-5-3-8(4-6-9)13-10(17)12-2/h3-6H,1-2H3,(H,15,16)(H2,12,13,17). The second-order valence-electron chi connectivity index (χ2n) is 3.56. The van der Waals surface area contributed by atoms with E-state index in [4.69, 9.17) is 0 Å². The van der Waals surface area contributed by atoms with E-state index in [1.165, 1.54) is 23.3 Å². The lowest BCUT2D eigenvalue weighted by atomic mass is 10.3. The Morgan fingerprint density at radius 2 is 2.00 bits per heavy atom. The Morgan fingerprint density at radius 1 is 1.26 bits per heavy atom. The predicted octanol–water partition coefficient (Wildman–Crippen LogP) is 2.72. The van der Waals surface area contributed by atoms with Crippen molar-refractivity contribution in [2.45, 2.75) is 11.8 Å². The summed E-state index contributed by atoms with van der Waals surface area (Å²) in [4.78, 5) is 12.1. The van der Waals surface area contributed by atoms with Gasteiger partial charge in [0.25, 0.3) is 0 Å². The molecule has 1 aromatic carbocycles. The molecule has 0 unspecified atom stereocenters. The molecule has 0 radical (unpaired) electrons. The van der Waals surface area contributed by atoms with Gasteiger partial charge in [-0.2, -0.15) is 0 Å². The van der Waals surface area contributed by atoms with Gasteiger partial charge >= 0.3 is 6.03 Å². The van der Waals surface area contributed by atoms with E-state index in [9.17, 15) is 4.79 Å². The lowest BCUT2D eigenvalue weighted by molar-refractivity contribution is 0.254. The molecule has 100 valence electrons. The van der Waals surface area contributed by atoms with Crippen molar-refractivity contribution in [2.24, 2.45) is 0 Å². The third-order valence-corrected chi connectivity index (χ3v) is 3.81. The van der Waals surface area contributed by atoms with Gasteiger partial charge in [-0.15, -0.1) is 10.2 Å². The molecule has 6 nitrogen and oxygen atoms in total. The molecule has 1 aromatic heterocycles. The SMILES string of the molecule is CNC(=O)Nc1ccc(SNc2nnc(C)s2)cc1. The smallest absolute Gasteiger partial charge is 0.318 e. The van der Waals surface area contributed by atoms with Gasteiger partial charge in [0, 0.05) is 17.6 Å². The van der Waals surface area contributed by atoms with E-state index in [0.717, 1.165) is 20.7 Å². The Balaban J connectivity index is 1.89. The summed E-state index contributed by atoms with van der Waals surface area (Å²) in [6, 6.07) is 7.27. The van der Waals surface area contributed by atoms with Crippen molar-refractivity contribution in [1.29, 1.82) is 0 Å². The van der Waals surface area contributed by atoms with Gasteiger partial charge in [0.15, 0.2) is 0 Å². The summed E-state index contributed by atoms with van der Waals surface area (Å²) in [5, 5.41) is 14.8. The van der Waals surface area contributed by atoms with Crippen LogP contribution < -0.4 is 15.4 Å². The van der Waals surface area contributed by atoms with Gasteiger partial charge in [-0.05, 0) is 43.1 Å². The monoisotopic (exact) mass is 295 g/mol. The zero-order valence-electron chi connectivity index (χ0n) is 10.4. The number of carbonyl (C=O) groups is 1. The van der Waals surface area contributed by atoms with Crippen molar-refractivity contribution in [3.05, 3.63) is 29.3 Å². The summed E-state index contributed by atoms with van der Waals surface area (Å²) in [6.07, 6.45) is 0. The fourth-order valence-corrected chi connectivity index (χ4v) is 2.49. The predicted molar refractivity (Wildman–Crippen MR) is 78.6 cm³/mol. The van der Waals surface area contributed by atoms with Gasteiger partial charge < -0.3 is 15.4 Å². The molecule has 0 saturated heterocycles. The molecule has 3 N–H and O–H groups in total. The molecular formula is C11H13N5OS2. The topological polar surface area (TPSA) is 78.9 Å². The third-order valence-electron chi connectivity index (χ3n) is 2.12. The highest BCUT2D eigenvalue weighted by Gasteiger charge is 2.02. The van der Waals surface area contributed by atoms with Crippen LogP contribution in [0.3, 0.4) is 0 Å². The van der Waals surface area contributed by atoms with E-state index in [1.54, 1.807) is 7.05 Å². The molecule has 0 saturated carbocycles. The Kier molecular flexibility index (Phi) is 4.58. The number of nitrogens with one attached hydrogen (secondary N) is 3. The highest BCUT2D eigenvalue weighted by molar-refractivity contribution is 8.00. The van der Waals surface area contributed by atoms with Crippen molar-refractivity contribution in [3.8, 4) is 0 Å². The van der Waals surface area contributed by atoms with E-state index in [-0.39, 0.29) is 6.03 Å². The van der Waals surface area contributed by atoms with Gasteiger partial charge in [-0.3, -0.25) is 0 Å². The number of rotatable bonds is 4. The fraction of sp³-hybridized carbons (Fsp3) is 0.182. The molecule has 0 aliphatic rings. The number of benzene rings is 1. The summed E-state index contributed by atoms with van der Waals surface area (Å²) in [5.41, 5.74) is 0.746. The van der Waals surface area contributed by atoms with Gasteiger partial charge in [-0.25, -0.2) is 4.79 Å². The number of aromatic nitrogens is 2. The van der Waals surface area contributed by atoms with E-state index in [0.29, 0.717) is 0 Å². The highest BCUT2D eigenvalue weighted by Crippen LogP contribution is 2.24. The second kappa shape index (κ2) is 6.39. The number of anilines is 2. The molecule has 19 heavy (non-hydrogen) atoms. The largest absolute Gasteiger partial charge is 0.341 e. The van der Waals surface area contributed by atoms with Crippen LogP contribution in [0.1, 0.15) is 5.01 Å². The number of aryl methyl sites for hydroxylation is 1. The third kappa shape index (κ3) is 4.11. The van der Waals surface area contributed by atoms with E-state index in [1.807, 2.05) is 31.2 Å². The molecule has 0 bridgehead atoms. The zero-order valence-corrected chi connectivity index (χ0v) is 12.1. The van der Waals surface area contributed by atoms with E-state index in [2.05, 4.69) is 25.6 Å². The minimum absolute atomic E-state index is 0.233. The van der Waals surface area contributed by atoms with Crippen molar-refractivity contribution < 1.29 is 4.79 Å². The molecule has 0 fully saturated rings.